The van der Waals surface area contributed by atoms with Gasteiger partial charge in [-0.3, -0.25) is 19.5 Å². The Morgan fingerprint density at radius 1 is 0.900 bits per heavy atom. The van der Waals surface area contributed by atoms with Crippen molar-refractivity contribution in [2.24, 2.45) is 5.92 Å². The number of hydrogen-bond acceptors (Lipinski definition) is 5. The molecule has 7 nitrogen and oxygen atoms in total. The number of fused-ring (bicyclic) bond motifs is 2. The lowest BCUT2D eigenvalue weighted by molar-refractivity contribution is -0.139. The van der Waals surface area contributed by atoms with Crippen LogP contribution in [-0.4, -0.2) is 48.2 Å². The maximum Gasteiger partial charge on any atom is 0.250 e. The average molecular weight is 555 g/mol. The summed E-state index contributed by atoms with van der Waals surface area (Å²) in [4.78, 5) is 34.4. The fraction of sp³-hybridized carbons (Fsp3) is 0.406. The molecule has 0 bridgehead atoms. The van der Waals surface area contributed by atoms with Gasteiger partial charge < -0.3 is 4.43 Å². The molecule has 2 amide bonds. The Bertz CT molecular complexity index is 1420. The standard InChI is InChI=1S/C32H38N4O3Si/c1-32(2,3)40(4,5)39-25-15-13-23(14-16-25)29-27(31(38)34-20-17-24-12-9-19-33-30(24)34)28(22-10-7-6-8-11-22)35-21-18-26(37)36(29)35/h6-16,19,27-29H,17-18,20-21H2,1-5H3/t27-,28+,29+/m0/s1. The predicted molar refractivity (Wildman–Crippen MR) is 158 cm³/mol. The number of hydrogen-bond donors (Lipinski definition) is 0. The van der Waals surface area contributed by atoms with Gasteiger partial charge in [-0.05, 0) is 59.4 Å². The normalized spacial score (nSPS) is 22.9. The summed E-state index contributed by atoms with van der Waals surface area (Å²) in [6.07, 6.45) is 2.98. The highest BCUT2D eigenvalue weighted by atomic mass is 28.4. The van der Waals surface area contributed by atoms with E-state index in [1.54, 1.807) is 6.20 Å². The first-order chi connectivity index (χ1) is 19.1. The highest BCUT2D eigenvalue weighted by molar-refractivity contribution is 6.74. The minimum absolute atomic E-state index is 0.0140. The number of aromatic nitrogens is 1. The topological polar surface area (TPSA) is 66.0 Å². The molecule has 1 aromatic heterocycles. The second kappa shape index (κ2) is 9.85. The molecule has 0 unspecified atom stereocenters. The van der Waals surface area contributed by atoms with Gasteiger partial charge in [-0.2, -0.15) is 0 Å². The van der Waals surface area contributed by atoms with E-state index in [1.807, 2.05) is 64.5 Å². The summed E-state index contributed by atoms with van der Waals surface area (Å²) in [6, 6.07) is 21.5. The Hall–Kier alpha value is -3.49. The molecular formula is C32H38N4O3Si. The van der Waals surface area contributed by atoms with Crippen molar-refractivity contribution in [3.63, 3.8) is 0 Å². The monoisotopic (exact) mass is 554 g/mol. The summed E-state index contributed by atoms with van der Waals surface area (Å²) in [5, 5.41) is 4.07. The molecule has 208 valence electrons. The summed E-state index contributed by atoms with van der Waals surface area (Å²) in [5.41, 5.74) is 3.08. The Balaban J connectivity index is 1.42. The van der Waals surface area contributed by atoms with Crippen LogP contribution in [-0.2, 0) is 16.0 Å². The van der Waals surface area contributed by atoms with E-state index < -0.39 is 20.3 Å². The summed E-state index contributed by atoms with van der Waals surface area (Å²) >= 11 is 0. The van der Waals surface area contributed by atoms with Crippen molar-refractivity contribution in [3.05, 3.63) is 89.6 Å². The summed E-state index contributed by atoms with van der Waals surface area (Å²) in [6.45, 7) is 12.4. The van der Waals surface area contributed by atoms with Gasteiger partial charge in [-0.25, -0.2) is 9.99 Å². The number of carbonyl (C=O) groups is 2. The number of benzene rings is 2. The molecule has 3 aliphatic heterocycles. The van der Waals surface area contributed by atoms with Crippen LogP contribution < -0.4 is 9.33 Å². The molecule has 0 N–H and O–H groups in total. The van der Waals surface area contributed by atoms with Gasteiger partial charge >= 0.3 is 0 Å². The van der Waals surface area contributed by atoms with E-state index in [4.69, 9.17) is 4.43 Å². The number of amides is 2. The van der Waals surface area contributed by atoms with E-state index >= 15 is 0 Å². The van der Waals surface area contributed by atoms with Gasteiger partial charge in [0, 0.05) is 25.7 Å². The van der Waals surface area contributed by atoms with Crippen LogP contribution in [0.3, 0.4) is 0 Å². The molecule has 0 radical (unpaired) electrons. The van der Waals surface area contributed by atoms with Crippen LogP contribution in [0.4, 0.5) is 5.82 Å². The lowest BCUT2D eigenvalue weighted by atomic mass is 9.83. The van der Waals surface area contributed by atoms with Gasteiger partial charge in [0.2, 0.25) is 20.1 Å². The van der Waals surface area contributed by atoms with Gasteiger partial charge in [0.25, 0.3) is 0 Å². The molecule has 6 rings (SSSR count). The number of anilines is 1. The zero-order valence-electron chi connectivity index (χ0n) is 24.0. The Morgan fingerprint density at radius 2 is 1.60 bits per heavy atom. The van der Waals surface area contributed by atoms with Crippen molar-refractivity contribution >= 4 is 25.9 Å². The molecule has 0 spiro atoms. The summed E-state index contributed by atoms with van der Waals surface area (Å²) < 4.78 is 6.54. The van der Waals surface area contributed by atoms with Crippen molar-refractivity contribution in [3.8, 4) is 5.75 Å². The van der Waals surface area contributed by atoms with Crippen molar-refractivity contribution in [2.45, 2.75) is 63.8 Å². The van der Waals surface area contributed by atoms with Gasteiger partial charge in [-0.1, -0.05) is 69.3 Å². The van der Waals surface area contributed by atoms with Gasteiger partial charge in [0.05, 0.1) is 18.0 Å². The molecule has 4 heterocycles. The zero-order valence-corrected chi connectivity index (χ0v) is 25.0. The van der Waals surface area contributed by atoms with Crippen LogP contribution in [0, 0.1) is 5.92 Å². The Kier molecular flexibility index (Phi) is 6.58. The molecule has 3 atom stereocenters. The second-order valence-corrected chi connectivity index (χ2v) is 17.4. The van der Waals surface area contributed by atoms with E-state index in [0.717, 1.165) is 34.7 Å². The average Bonchev–Trinajstić information content (AvgIpc) is 3.62. The number of pyridine rings is 1. The maximum absolute atomic E-state index is 14.6. The second-order valence-electron chi connectivity index (χ2n) is 12.6. The van der Waals surface area contributed by atoms with Crippen LogP contribution in [0.25, 0.3) is 0 Å². The van der Waals surface area contributed by atoms with Crippen LogP contribution >= 0.6 is 0 Å². The molecule has 3 aliphatic rings. The summed E-state index contributed by atoms with van der Waals surface area (Å²) in [5.74, 6) is 1.16. The number of nitrogens with zero attached hydrogens (tertiary/aromatic N) is 4. The van der Waals surface area contributed by atoms with Crippen LogP contribution in [0.1, 0.15) is 56.0 Å². The Morgan fingerprint density at radius 3 is 2.30 bits per heavy atom. The molecule has 8 heteroatoms. The van der Waals surface area contributed by atoms with Crippen molar-refractivity contribution in [1.82, 2.24) is 15.0 Å². The zero-order chi connectivity index (χ0) is 28.2. The van der Waals surface area contributed by atoms with Crippen molar-refractivity contribution < 1.29 is 14.0 Å². The first-order valence-electron chi connectivity index (χ1n) is 14.2. The smallest absolute Gasteiger partial charge is 0.250 e. The highest BCUT2D eigenvalue weighted by Gasteiger charge is 2.57. The van der Waals surface area contributed by atoms with Crippen molar-refractivity contribution in [2.75, 3.05) is 18.0 Å². The number of carbonyl (C=O) groups excluding carboxylic acids is 2. The van der Waals surface area contributed by atoms with E-state index in [9.17, 15) is 9.59 Å². The first-order valence-corrected chi connectivity index (χ1v) is 17.2. The van der Waals surface area contributed by atoms with E-state index in [2.05, 4.69) is 56.0 Å². The molecule has 2 aromatic carbocycles. The minimum Gasteiger partial charge on any atom is -0.544 e. The summed E-state index contributed by atoms with van der Waals surface area (Å²) in [7, 11) is -2.01. The molecule has 0 aliphatic carbocycles. The fourth-order valence-corrected chi connectivity index (χ4v) is 7.14. The largest absolute Gasteiger partial charge is 0.544 e. The van der Waals surface area contributed by atoms with Gasteiger partial charge in [-0.15, -0.1) is 0 Å². The third-order valence-electron chi connectivity index (χ3n) is 9.17. The maximum atomic E-state index is 14.6. The first kappa shape index (κ1) is 26.7. The third kappa shape index (κ3) is 4.43. The molecule has 0 saturated carbocycles. The molecule has 40 heavy (non-hydrogen) atoms. The fourth-order valence-electron chi connectivity index (χ4n) is 6.10. The SMILES string of the molecule is CC(C)(C)[Si](C)(C)Oc1ccc([C@@H]2[C@@H](C(=O)N3CCc4cccnc43)[C@@H](c3ccccc3)N3CCC(=O)N23)cc1. The van der Waals surface area contributed by atoms with Crippen molar-refractivity contribution in [1.29, 1.82) is 0 Å². The van der Waals surface area contributed by atoms with E-state index in [-0.39, 0.29) is 22.9 Å². The highest BCUT2D eigenvalue weighted by Crippen LogP contribution is 2.52. The van der Waals surface area contributed by atoms with Crippen LogP contribution in [0.15, 0.2) is 72.9 Å². The quantitative estimate of drug-likeness (QED) is 0.367. The molecule has 2 saturated heterocycles. The van der Waals surface area contributed by atoms with E-state index in [0.29, 0.717) is 19.5 Å². The van der Waals surface area contributed by atoms with Gasteiger partial charge in [0.15, 0.2) is 0 Å². The lowest BCUT2D eigenvalue weighted by Crippen LogP contribution is -2.43. The third-order valence-corrected chi connectivity index (χ3v) is 13.5. The number of hydrazine groups is 1. The Labute approximate surface area is 237 Å². The van der Waals surface area contributed by atoms with Gasteiger partial charge in [0.1, 0.15) is 11.6 Å². The molecule has 3 aromatic rings. The predicted octanol–water partition coefficient (Wildman–Crippen LogP) is 5.92. The van der Waals surface area contributed by atoms with E-state index in [1.165, 1.54) is 0 Å². The van der Waals surface area contributed by atoms with Crippen LogP contribution in [0.5, 0.6) is 5.75 Å². The minimum atomic E-state index is -2.01. The molecule has 2 fully saturated rings. The van der Waals surface area contributed by atoms with Crippen LogP contribution in [0.2, 0.25) is 18.1 Å². The lowest BCUT2D eigenvalue weighted by Gasteiger charge is -2.36. The molecular weight excluding hydrogens is 516 g/mol. The number of rotatable bonds is 5.